The average molecular weight is 360 g/mol. The van der Waals surface area contributed by atoms with E-state index < -0.39 is 0 Å². The molecule has 2 saturated heterocycles. The molecule has 0 N–H and O–H groups in total. The van der Waals surface area contributed by atoms with Crippen molar-refractivity contribution in [2.45, 2.75) is 38.8 Å². The number of likely N-dealkylation sites (tertiary alicyclic amines) is 1. The number of pyridine rings is 1. The number of nitrogens with zero attached hydrogens (tertiary/aromatic N) is 4. The molecule has 2 amide bonds. The number of carbonyl (C=O) groups is 2. The maximum atomic E-state index is 12.8. The summed E-state index contributed by atoms with van der Waals surface area (Å²) >= 11 is 0. The van der Waals surface area contributed by atoms with Gasteiger partial charge >= 0.3 is 0 Å². The molecule has 0 aromatic carbocycles. The van der Waals surface area contributed by atoms with E-state index in [1.54, 1.807) is 18.3 Å². The number of piperidine rings is 1. The maximum Gasteiger partial charge on any atom is 0.259 e. The highest BCUT2D eigenvalue weighted by molar-refractivity contribution is 5.96. The van der Waals surface area contributed by atoms with Crippen LogP contribution in [0.5, 0.6) is 5.88 Å². The van der Waals surface area contributed by atoms with Gasteiger partial charge in [0.15, 0.2) is 0 Å². The van der Waals surface area contributed by atoms with E-state index in [2.05, 4.69) is 23.7 Å². The number of ether oxygens (including phenoxy) is 1. The molecule has 2 aliphatic heterocycles. The Labute approximate surface area is 154 Å². The summed E-state index contributed by atoms with van der Waals surface area (Å²) in [5, 5.41) is 0. The van der Waals surface area contributed by atoms with Crippen LogP contribution in [-0.4, -0.2) is 83.4 Å². The lowest BCUT2D eigenvalue weighted by Gasteiger charge is -2.43. The zero-order valence-corrected chi connectivity index (χ0v) is 15.9. The second-order valence-corrected chi connectivity index (χ2v) is 7.17. The Morgan fingerprint density at radius 1 is 1.23 bits per heavy atom. The normalized spacial score (nSPS) is 22.0. The van der Waals surface area contributed by atoms with Gasteiger partial charge in [-0.2, -0.15) is 0 Å². The Bertz CT molecular complexity index is 656. The standard InChI is InChI=1S/C19H28N4O3/c1-14(2)23-9-5-7-16(19(23)25)21-10-12-22(13-11-21)18(24)15-6-4-8-20-17(15)26-3/h4,6,8,14,16H,5,7,9-13H2,1-3H3/t16-/m0/s1. The van der Waals surface area contributed by atoms with E-state index >= 15 is 0 Å². The Morgan fingerprint density at radius 2 is 1.96 bits per heavy atom. The van der Waals surface area contributed by atoms with Crippen LogP contribution in [0.25, 0.3) is 0 Å². The van der Waals surface area contributed by atoms with Crippen molar-refractivity contribution in [3.8, 4) is 5.88 Å². The molecule has 0 saturated carbocycles. The first-order chi connectivity index (χ1) is 12.5. The second kappa shape index (κ2) is 8.03. The van der Waals surface area contributed by atoms with Gasteiger partial charge in [-0.1, -0.05) is 0 Å². The molecule has 3 heterocycles. The van der Waals surface area contributed by atoms with Gasteiger partial charge in [-0.25, -0.2) is 4.98 Å². The largest absolute Gasteiger partial charge is 0.480 e. The van der Waals surface area contributed by atoms with Crippen LogP contribution in [-0.2, 0) is 4.79 Å². The van der Waals surface area contributed by atoms with E-state index in [0.29, 0.717) is 24.5 Å². The van der Waals surface area contributed by atoms with Crippen LogP contribution in [0, 0.1) is 0 Å². The predicted octanol–water partition coefficient (Wildman–Crippen LogP) is 1.25. The Morgan fingerprint density at radius 3 is 2.62 bits per heavy atom. The third-order valence-electron chi connectivity index (χ3n) is 5.31. The molecule has 0 bridgehead atoms. The van der Waals surface area contributed by atoms with Crippen molar-refractivity contribution in [1.29, 1.82) is 0 Å². The average Bonchev–Trinajstić information content (AvgIpc) is 2.67. The first kappa shape index (κ1) is 18.6. The minimum atomic E-state index is -0.0617. The van der Waals surface area contributed by atoms with Crippen LogP contribution in [0.1, 0.15) is 37.0 Å². The Kier molecular flexibility index (Phi) is 5.76. The minimum absolute atomic E-state index is 0.0451. The van der Waals surface area contributed by atoms with Crippen molar-refractivity contribution in [2.24, 2.45) is 0 Å². The van der Waals surface area contributed by atoms with Gasteiger partial charge in [0.2, 0.25) is 11.8 Å². The summed E-state index contributed by atoms with van der Waals surface area (Å²) in [6.07, 6.45) is 3.57. The zero-order valence-electron chi connectivity index (χ0n) is 15.9. The summed E-state index contributed by atoms with van der Waals surface area (Å²) in [6, 6.07) is 3.68. The molecule has 1 atom stereocenters. The lowest BCUT2D eigenvalue weighted by Crippen LogP contribution is -2.59. The summed E-state index contributed by atoms with van der Waals surface area (Å²) in [7, 11) is 1.52. The van der Waals surface area contributed by atoms with E-state index in [9.17, 15) is 9.59 Å². The second-order valence-electron chi connectivity index (χ2n) is 7.17. The molecule has 2 fully saturated rings. The quantitative estimate of drug-likeness (QED) is 0.808. The SMILES string of the molecule is COc1ncccc1C(=O)N1CCN([C@H]2CCCN(C(C)C)C2=O)CC1. The van der Waals surface area contributed by atoms with Crippen molar-refractivity contribution >= 4 is 11.8 Å². The zero-order chi connectivity index (χ0) is 18.7. The smallest absolute Gasteiger partial charge is 0.259 e. The third-order valence-corrected chi connectivity index (χ3v) is 5.31. The number of methoxy groups -OCH3 is 1. The van der Waals surface area contributed by atoms with Crippen LogP contribution in [0.2, 0.25) is 0 Å². The van der Waals surface area contributed by atoms with E-state index in [1.165, 1.54) is 7.11 Å². The molecule has 1 aromatic rings. The lowest BCUT2D eigenvalue weighted by atomic mass is 10.0. The van der Waals surface area contributed by atoms with Gasteiger partial charge in [0.25, 0.3) is 5.91 Å². The molecule has 1 aromatic heterocycles. The van der Waals surface area contributed by atoms with Gasteiger partial charge in [-0.15, -0.1) is 0 Å². The number of piperazine rings is 1. The molecule has 3 rings (SSSR count). The molecule has 0 unspecified atom stereocenters. The molecule has 0 radical (unpaired) electrons. The number of carbonyl (C=O) groups excluding carboxylic acids is 2. The fourth-order valence-electron chi connectivity index (χ4n) is 3.85. The van der Waals surface area contributed by atoms with Crippen molar-refractivity contribution in [3.63, 3.8) is 0 Å². The van der Waals surface area contributed by atoms with E-state index in [1.807, 2.05) is 9.80 Å². The maximum absolute atomic E-state index is 12.8. The van der Waals surface area contributed by atoms with E-state index in [0.717, 1.165) is 32.5 Å². The molecule has 26 heavy (non-hydrogen) atoms. The number of hydrogen-bond acceptors (Lipinski definition) is 5. The lowest BCUT2D eigenvalue weighted by molar-refractivity contribution is -0.142. The van der Waals surface area contributed by atoms with Gasteiger partial charge in [0, 0.05) is 45.0 Å². The van der Waals surface area contributed by atoms with Gasteiger partial charge in [0.1, 0.15) is 5.56 Å². The van der Waals surface area contributed by atoms with Crippen molar-refractivity contribution in [2.75, 3.05) is 39.8 Å². The van der Waals surface area contributed by atoms with Crippen LogP contribution in [0.4, 0.5) is 0 Å². The highest BCUT2D eigenvalue weighted by Crippen LogP contribution is 2.22. The monoisotopic (exact) mass is 360 g/mol. The number of aromatic nitrogens is 1. The molecule has 7 heteroatoms. The predicted molar refractivity (Wildman–Crippen MR) is 98.1 cm³/mol. The van der Waals surface area contributed by atoms with Gasteiger partial charge in [-0.3, -0.25) is 14.5 Å². The van der Waals surface area contributed by atoms with Gasteiger partial charge in [0.05, 0.1) is 13.2 Å². The number of amides is 2. The first-order valence-electron chi connectivity index (χ1n) is 9.35. The minimum Gasteiger partial charge on any atom is -0.480 e. The number of rotatable bonds is 4. The summed E-state index contributed by atoms with van der Waals surface area (Å²) in [4.78, 5) is 35.7. The Balaban J connectivity index is 1.62. The fraction of sp³-hybridized carbons (Fsp3) is 0.632. The summed E-state index contributed by atoms with van der Waals surface area (Å²) in [5.41, 5.74) is 0.489. The Hall–Kier alpha value is -2.15. The summed E-state index contributed by atoms with van der Waals surface area (Å²) in [5.74, 6) is 0.531. The molecule has 0 aliphatic carbocycles. The molecule has 142 valence electrons. The number of hydrogen-bond donors (Lipinski definition) is 0. The van der Waals surface area contributed by atoms with E-state index in [4.69, 9.17) is 4.74 Å². The molecule has 2 aliphatic rings. The van der Waals surface area contributed by atoms with Crippen LogP contribution in [0.3, 0.4) is 0 Å². The van der Waals surface area contributed by atoms with E-state index in [-0.39, 0.29) is 23.9 Å². The third kappa shape index (κ3) is 3.67. The summed E-state index contributed by atoms with van der Waals surface area (Å²) in [6.45, 7) is 7.65. The van der Waals surface area contributed by atoms with Gasteiger partial charge < -0.3 is 14.5 Å². The van der Waals surface area contributed by atoms with Crippen LogP contribution >= 0.6 is 0 Å². The molecule has 7 nitrogen and oxygen atoms in total. The van der Waals surface area contributed by atoms with Crippen LogP contribution < -0.4 is 4.74 Å². The summed E-state index contributed by atoms with van der Waals surface area (Å²) < 4.78 is 5.20. The van der Waals surface area contributed by atoms with Crippen LogP contribution in [0.15, 0.2) is 18.3 Å². The van der Waals surface area contributed by atoms with Crippen molar-refractivity contribution < 1.29 is 14.3 Å². The molecule has 0 spiro atoms. The molecular formula is C19H28N4O3. The van der Waals surface area contributed by atoms with Gasteiger partial charge in [-0.05, 0) is 38.8 Å². The highest BCUT2D eigenvalue weighted by atomic mass is 16.5. The van der Waals surface area contributed by atoms with Crippen molar-refractivity contribution in [1.82, 2.24) is 19.7 Å². The first-order valence-corrected chi connectivity index (χ1v) is 9.35. The topological polar surface area (TPSA) is 66.0 Å². The fourth-order valence-corrected chi connectivity index (χ4v) is 3.85. The molecular weight excluding hydrogens is 332 g/mol. The van der Waals surface area contributed by atoms with Crippen molar-refractivity contribution in [3.05, 3.63) is 23.9 Å². The highest BCUT2D eigenvalue weighted by Gasteiger charge is 2.36.